The normalized spacial score (nSPS) is 19.7. The van der Waals surface area contributed by atoms with Crippen LogP contribution in [0.25, 0.3) is 0 Å². The molecule has 9 rings (SSSR count). The molecular formula is C35H39N3O9. The highest BCUT2D eigenvalue weighted by molar-refractivity contribution is 5.95. The molecule has 1 spiro atoms. The van der Waals surface area contributed by atoms with Crippen molar-refractivity contribution in [2.24, 2.45) is 5.92 Å². The van der Waals surface area contributed by atoms with E-state index in [-0.39, 0.29) is 43.3 Å². The van der Waals surface area contributed by atoms with Crippen molar-refractivity contribution in [3.8, 4) is 34.5 Å². The van der Waals surface area contributed by atoms with Crippen LogP contribution in [0, 0.1) is 5.92 Å². The molecule has 1 unspecified atom stereocenters. The second-order valence-electron chi connectivity index (χ2n) is 11.7. The first kappa shape index (κ1) is 32.0. The molecule has 0 radical (unpaired) electrons. The van der Waals surface area contributed by atoms with E-state index < -0.39 is 5.60 Å². The van der Waals surface area contributed by atoms with Crippen LogP contribution in [0.2, 0.25) is 0 Å². The Morgan fingerprint density at radius 1 is 0.872 bits per heavy atom. The number of rotatable bonds is 3. The number of carbonyl (C=O) groups is 3. The van der Waals surface area contributed by atoms with Gasteiger partial charge < -0.3 is 44.0 Å². The number of likely N-dealkylation sites (tertiary alicyclic amines) is 1. The van der Waals surface area contributed by atoms with Crippen LogP contribution < -0.4 is 34.3 Å². The summed E-state index contributed by atoms with van der Waals surface area (Å²) in [6.07, 6.45) is 1.35. The van der Waals surface area contributed by atoms with E-state index >= 15 is 0 Å². The molecular weight excluding hydrogens is 606 g/mol. The summed E-state index contributed by atoms with van der Waals surface area (Å²) in [7, 11) is 3.07. The zero-order chi connectivity index (χ0) is 32.8. The minimum Gasteiger partial charge on any atom is -0.496 e. The Hall–Kier alpha value is -4.97. The molecule has 6 aliphatic rings. The van der Waals surface area contributed by atoms with Crippen LogP contribution in [0.5, 0.6) is 34.5 Å². The summed E-state index contributed by atoms with van der Waals surface area (Å²) in [6.45, 7) is 2.46. The van der Waals surface area contributed by atoms with Gasteiger partial charge in [-0.2, -0.15) is 0 Å². The summed E-state index contributed by atoms with van der Waals surface area (Å²) >= 11 is 0. The zero-order valence-corrected chi connectivity index (χ0v) is 26.5. The number of nitrogens with one attached hydrogen (secondary N) is 2. The van der Waals surface area contributed by atoms with Crippen molar-refractivity contribution in [1.82, 2.24) is 15.5 Å². The van der Waals surface area contributed by atoms with Crippen molar-refractivity contribution < 1.29 is 42.8 Å². The number of nitrogens with zero attached hydrogens (tertiary/aromatic N) is 1. The van der Waals surface area contributed by atoms with Crippen LogP contribution in [0.1, 0.15) is 35.2 Å². The molecule has 12 nitrogen and oxygen atoms in total. The lowest BCUT2D eigenvalue weighted by molar-refractivity contribution is -0.148. The van der Waals surface area contributed by atoms with Crippen LogP contribution in [0.4, 0.5) is 0 Å². The van der Waals surface area contributed by atoms with E-state index in [0.717, 1.165) is 5.56 Å². The average molecular weight is 646 g/mol. The van der Waals surface area contributed by atoms with E-state index in [9.17, 15) is 14.4 Å². The van der Waals surface area contributed by atoms with Gasteiger partial charge in [-0.15, -0.1) is 0 Å². The molecule has 3 aromatic rings. The molecule has 6 bridgehead atoms. The standard InChI is InChI=1S/C35H39N3O9/c1-42-29-10-4-23-19-31(29)46-28-5-3-24(30(20-28)43-2)21-37-34(41)35(12-15-38(16-13-35)33(40)25-11-17-44-22-25)47-27-8-6-26(7-9-27)45-18-14-36-32(23)39/h3-10,19-20,25H,11-18,21-22H2,1-2H3,(H,36,39)(H,37,41). The second-order valence-corrected chi connectivity index (χ2v) is 11.7. The highest BCUT2D eigenvalue weighted by atomic mass is 16.5. The third kappa shape index (κ3) is 7.22. The smallest absolute Gasteiger partial charge is 0.264 e. The van der Waals surface area contributed by atoms with Crippen molar-refractivity contribution in [1.29, 1.82) is 0 Å². The van der Waals surface area contributed by atoms with Crippen molar-refractivity contribution in [2.75, 3.05) is 53.7 Å². The lowest BCUT2D eigenvalue weighted by Crippen LogP contribution is -2.58. The highest BCUT2D eigenvalue weighted by Crippen LogP contribution is 2.36. The second kappa shape index (κ2) is 14.2. The number of ether oxygens (including phenoxy) is 6. The van der Waals surface area contributed by atoms with Gasteiger partial charge in [-0.05, 0) is 61.0 Å². The molecule has 0 saturated carbocycles. The van der Waals surface area contributed by atoms with E-state index in [4.69, 9.17) is 28.4 Å². The van der Waals surface area contributed by atoms with Crippen molar-refractivity contribution in [3.63, 3.8) is 0 Å². The van der Waals surface area contributed by atoms with Gasteiger partial charge in [0, 0.05) is 56.3 Å². The first-order valence-corrected chi connectivity index (χ1v) is 15.8. The molecule has 6 heterocycles. The van der Waals surface area contributed by atoms with Gasteiger partial charge >= 0.3 is 0 Å². The molecule has 2 fully saturated rings. The maximum absolute atomic E-state index is 14.0. The summed E-state index contributed by atoms with van der Waals surface area (Å²) in [4.78, 5) is 41.8. The van der Waals surface area contributed by atoms with Gasteiger partial charge in [0.05, 0.1) is 33.3 Å². The van der Waals surface area contributed by atoms with Crippen LogP contribution in [0.15, 0.2) is 60.7 Å². The van der Waals surface area contributed by atoms with Gasteiger partial charge in [0.2, 0.25) is 5.91 Å². The number of methoxy groups -OCH3 is 2. The summed E-state index contributed by atoms with van der Waals surface area (Å²) in [5.74, 6) is 2.20. The molecule has 1 atom stereocenters. The number of hydrogen-bond donors (Lipinski definition) is 2. The van der Waals surface area contributed by atoms with Gasteiger partial charge in [-0.1, -0.05) is 0 Å². The molecule has 0 aliphatic carbocycles. The third-order valence-corrected chi connectivity index (χ3v) is 8.72. The highest BCUT2D eigenvalue weighted by Gasteiger charge is 2.45. The maximum Gasteiger partial charge on any atom is 0.264 e. The van der Waals surface area contributed by atoms with Gasteiger partial charge in [0.15, 0.2) is 17.1 Å². The fourth-order valence-electron chi connectivity index (χ4n) is 6.01. The molecule has 2 saturated heterocycles. The summed E-state index contributed by atoms with van der Waals surface area (Å²) in [6, 6.07) is 17.2. The SMILES string of the molecule is COc1cc2ccc1CNC(=O)C1(CCN(C(=O)C3CCOC3)CC1)Oc1ccc(cc1)OCCNC(=O)c1ccc(OC)c(c1)O2. The van der Waals surface area contributed by atoms with Crippen molar-refractivity contribution in [2.45, 2.75) is 31.4 Å². The Morgan fingerprint density at radius 3 is 2.34 bits per heavy atom. The first-order chi connectivity index (χ1) is 22.9. The van der Waals surface area contributed by atoms with Crippen molar-refractivity contribution in [3.05, 3.63) is 71.8 Å². The van der Waals surface area contributed by atoms with E-state index in [1.165, 1.54) is 7.11 Å². The third-order valence-electron chi connectivity index (χ3n) is 8.72. The molecule has 6 aliphatic heterocycles. The zero-order valence-electron chi connectivity index (χ0n) is 26.5. The number of benzene rings is 3. The van der Waals surface area contributed by atoms with Gasteiger partial charge in [-0.25, -0.2) is 0 Å². The summed E-state index contributed by atoms with van der Waals surface area (Å²) in [5.41, 5.74) is -0.0850. The fraction of sp³-hybridized carbons (Fsp3) is 0.400. The van der Waals surface area contributed by atoms with Gasteiger partial charge in [-0.3, -0.25) is 14.4 Å². The Balaban J connectivity index is 1.27. The lowest BCUT2D eigenvalue weighted by atomic mass is 9.89. The summed E-state index contributed by atoms with van der Waals surface area (Å²) in [5, 5.41) is 5.91. The van der Waals surface area contributed by atoms with E-state index in [1.54, 1.807) is 67.8 Å². The number of amides is 3. The van der Waals surface area contributed by atoms with Gasteiger partial charge in [0.1, 0.15) is 29.6 Å². The number of hydrogen-bond acceptors (Lipinski definition) is 9. The van der Waals surface area contributed by atoms with Crippen LogP contribution in [-0.2, 0) is 20.9 Å². The topological polar surface area (TPSA) is 134 Å². The molecule has 248 valence electrons. The monoisotopic (exact) mass is 645 g/mol. The molecule has 3 amide bonds. The first-order valence-electron chi connectivity index (χ1n) is 15.8. The fourth-order valence-corrected chi connectivity index (χ4v) is 6.01. The largest absolute Gasteiger partial charge is 0.496 e. The van der Waals surface area contributed by atoms with Crippen LogP contribution in [-0.4, -0.2) is 81.9 Å². The molecule has 47 heavy (non-hydrogen) atoms. The Morgan fingerprint density at radius 2 is 1.62 bits per heavy atom. The predicted octanol–water partition coefficient (Wildman–Crippen LogP) is 3.71. The molecule has 0 aromatic heterocycles. The molecule has 3 aromatic carbocycles. The van der Waals surface area contributed by atoms with E-state index in [1.807, 2.05) is 4.90 Å². The average Bonchev–Trinajstić information content (AvgIpc) is 3.65. The Labute approximate surface area is 273 Å². The number of carbonyl (C=O) groups excluding carboxylic acids is 3. The summed E-state index contributed by atoms with van der Waals surface area (Å²) < 4.78 is 35.0. The minimum atomic E-state index is -1.20. The lowest BCUT2D eigenvalue weighted by Gasteiger charge is -2.41. The predicted molar refractivity (Wildman–Crippen MR) is 170 cm³/mol. The van der Waals surface area contributed by atoms with Gasteiger partial charge in [0.25, 0.3) is 11.8 Å². The van der Waals surface area contributed by atoms with Crippen LogP contribution >= 0.6 is 0 Å². The molecule has 12 heteroatoms. The van der Waals surface area contributed by atoms with E-state index in [2.05, 4.69) is 10.6 Å². The van der Waals surface area contributed by atoms with Crippen LogP contribution in [0.3, 0.4) is 0 Å². The van der Waals surface area contributed by atoms with E-state index in [0.29, 0.717) is 85.6 Å². The Kier molecular flexibility index (Phi) is 9.67. The Bertz CT molecular complexity index is 1600. The van der Waals surface area contributed by atoms with Crippen molar-refractivity contribution >= 4 is 17.7 Å². The minimum absolute atomic E-state index is 0.0604. The maximum atomic E-state index is 14.0. The molecule has 2 N–H and O–H groups in total. The number of piperidine rings is 1. The quantitative estimate of drug-likeness (QED) is 0.437.